The molecular formula is C20H24N2O4S2. The number of hydrogen-bond acceptors (Lipinski definition) is 4. The lowest BCUT2D eigenvalue weighted by Gasteiger charge is -2.30. The fourth-order valence-corrected chi connectivity index (χ4v) is 5.61. The van der Waals surface area contributed by atoms with Crippen LogP contribution in [0.2, 0.25) is 0 Å². The van der Waals surface area contributed by atoms with Gasteiger partial charge in [0.1, 0.15) is 0 Å². The average Bonchev–Trinajstić information content (AvgIpc) is 2.67. The first-order valence-electron chi connectivity index (χ1n) is 9.12. The Kier molecular flexibility index (Phi) is 6.22. The van der Waals surface area contributed by atoms with Crippen LogP contribution in [0.1, 0.15) is 25.3 Å². The van der Waals surface area contributed by atoms with Gasteiger partial charge < -0.3 is 0 Å². The Morgan fingerprint density at radius 3 is 2.32 bits per heavy atom. The fraction of sp³-hybridized carbons (Fsp3) is 0.300. The molecule has 0 bridgehead atoms. The van der Waals surface area contributed by atoms with E-state index in [2.05, 4.69) is 4.72 Å². The zero-order valence-electron chi connectivity index (χ0n) is 15.7. The highest BCUT2D eigenvalue weighted by Gasteiger charge is 2.28. The molecule has 1 N–H and O–H groups in total. The maximum absolute atomic E-state index is 12.8. The lowest BCUT2D eigenvalue weighted by atomic mass is 10.0. The molecule has 0 aromatic heterocycles. The van der Waals surface area contributed by atoms with Gasteiger partial charge in [0.2, 0.25) is 10.0 Å². The van der Waals surface area contributed by atoms with E-state index in [1.165, 1.54) is 34.6 Å². The van der Waals surface area contributed by atoms with Crippen LogP contribution < -0.4 is 4.72 Å². The first kappa shape index (κ1) is 20.6. The second-order valence-electron chi connectivity index (χ2n) is 7.00. The summed E-state index contributed by atoms with van der Waals surface area (Å²) >= 11 is 0. The van der Waals surface area contributed by atoms with E-state index in [0.29, 0.717) is 24.7 Å². The Morgan fingerprint density at radius 1 is 1.00 bits per heavy atom. The summed E-state index contributed by atoms with van der Waals surface area (Å²) in [6, 6.07) is 14.9. The third kappa shape index (κ3) is 5.21. The standard InChI is InChI=1S/C20H24N2O4S2/c1-17-6-5-14-22(16-17)28(25,26)20-11-9-19(10-12-20)21-27(23,24)15-13-18-7-3-2-4-8-18/h2-4,7-13,15,17,21H,5-6,14,16H2,1H3/b15-13+/t17-/m0/s1. The highest BCUT2D eigenvalue weighted by atomic mass is 32.2. The molecule has 1 aliphatic heterocycles. The van der Waals surface area contributed by atoms with E-state index >= 15 is 0 Å². The van der Waals surface area contributed by atoms with E-state index < -0.39 is 20.0 Å². The van der Waals surface area contributed by atoms with Crippen LogP contribution in [0.15, 0.2) is 64.9 Å². The molecule has 2 aromatic carbocycles. The predicted octanol–water partition coefficient (Wildman–Crippen LogP) is 3.52. The monoisotopic (exact) mass is 420 g/mol. The van der Waals surface area contributed by atoms with E-state index in [1.54, 1.807) is 12.1 Å². The summed E-state index contributed by atoms with van der Waals surface area (Å²) in [6.07, 6.45) is 3.38. The van der Waals surface area contributed by atoms with Crippen molar-refractivity contribution in [2.24, 2.45) is 5.92 Å². The van der Waals surface area contributed by atoms with Gasteiger partial charge in [0.15, 0.2) is 0 Å². The minimum atomic E-state index is -3.70. The van der Waals surface area contributed by atoms with Crippen molar-refractivity contribution in [2.45, 2.75) is 24.7 Å². The Balaban J connectivity index is 1.71. The van der Waals surface area contributed by atoms with Crippen LogP contribution in [-0.4, -0.2) is 34.2 Å². The normalized spacial score (nSPS) is 19.0. The Bertz CT molecular complexity index is 1030. The van der Waals surface area contributed by atoms with Crippen LogP contribution in [0.4, 0.5) is 5.69 Å². The van der Waals surface area contributed by atoms with Crippen LogP contribution in [-0.2, 0) is 20.0 Å². The molecule has 1 saturated heterocycles. The van der Waals surface area contributed by atoms with Crippen LogP contribution in [0.25, 0.3) is 6.08 Å². The summed E-state index contributed by atoms with van der Waals surface area (Å²) in [7, 11) is -7.26. The molecule has 150 valence electrons. The number of sulfonamides is 2. The summed E-state index contributed by atoms with van der Waals surface area (Å²) in [5.41, 5.74) is 1.08. The molecule has 2 aromatic rings. The lowest BCUT2D eigenvalue weighted by molar-refractivity contribution is 0.281. The van der Waals surface area contributed by atoms with Gasteiger partial charge in [-0.15, -0.1) is 0 Å². The van der Waals surface area contributed by atoms with Crippen molar-refractivity contribution >= 4 is 31.8 Å². The molecule has 0 radical (unpaired) electrons. The van der Waals surface area contributed by atoms with E-state index in [1.807, 2.05) is 25.1 Å². The first-order valence-corrected chi connectivity index (χ1v) is 12.1. The minimum Gasteiger partial charge on any atom is -0.280 e. The van der Waals surface area contributed by atoms with Crippen LogP contribution in [0, 0.1) is 5.92 Å². The van der Waals surface area contributed by atoms with Gasteiger partial charge in [0, 0.05) is 18.8 Å². The van der Waals surface area contributed by atoms with Crippen molar-refractivity contribution in [3.63, 3.8) is 0 Å². The first-order chi connectivity index (χ1) is 13.3. The number of nitrogens with one attached hydrogen (secondary N) is 1. The summed E-state index contributed by atoms with van der Waals surface area (Å²) in [6.45, 7) is 3.08. The SMILES string of the molecule is C[C@H]1CCCN(S(=O)(=O)c2ccc(NS(=O)(=O)/C=C/c3ccccc3)cc2)C1. The number of piperidine rings is 1. The summed E-state index contributed by atoms with van der Waals surface area (Å²) in [4.78, 5) is 0.171. The zero-order chi connectivity index (χ0) is 20.2. The third-order valence-electron chi connectivity index (χ3n) is 4.61. The van der Waals surface area contributed by atoms with Crippen molar-refractivity contribution in [3.05, 3.63) is 65.6 Å². The molecule has 28 heavy (non-hydrogen) atoms. The second-order valence-corrected chi connectivity index (χ2v) is 10.5. The topological polar surface area (TPSA) is 83.6 Å². The zero-order valence-corrected chi connectivity index (χ0v) is 17.3. The number of hydrogen-bond donors (Lipinski definition) is 1. The Labute approximate surface area is 167 Å². The maximum Gasteiger partial charge on any atom is 0.255 e. The highest BCUT2D eigenvalue weighted by molar-refractivity contribution is 7.95. The van der Waals surface area contributed by atoms with Gasteiger partial charge in [-0.25, -0.2) is 16.8 Å². The molecule has 8 heteroatoms. The molecule has 0 saturated carbocycles. The van der Waals surface area contributed by atoms with Crippen LogP contribution in [0.5, 0.6) is 0 Å². The molecule has 1 atom stereocenters. The van der Waals surface area contributed by atoms with Crippen molar-refractivity contribution < 1.29 is 16.8 Å². The second kappa shape index (κ2) is 8.46. The Morgan fingerprint density at radius 2 is 1.68 bits per heavy atom. The van der Waals surface area contributed by atoms with Gasteiger partial charge >= 0.3 is 0 Å². The smallest absolute Gasteiger partial charge is 0.255 e. The third-order valence-corrected chi connectivity index (χ3v) is 7.51. The summed E-state index contributed by atoms with van der Waals surface area (Å²) < 4.78 is 53.9. The van der Waals surface area contributed by atoms with E-state index in [-0.39, 0.29) is 4.90 Å². The summed E-state index contributed by atoms with van der Waals surface area (Å²) in [5.74, 6) is 0.339. The van der Waals surface area contributed by atoms with Crippen molar-refractivity contribution in [3.8, 4) is 0 Å². The van der Waals surface area contributed by atoms with Gasteiger partial charge in [-0.05, 0) is 54.7 Å². The van der Waals surface area contributed by atoms with Gasteiger partial charge in [-0.2, -0.15) is 4.31 Å². The van der Waals surface area contributed by atoms with Gasteiger partial charge in [0.25, 0.3) is 10.0 Å². The molecule has 1 heterocycles. The molecule has 1 fully saturated rings. The molecule has 0 spiro atoms. The van der Waals surface area contributed by atoms with Crippen LogP contribution >= 0.6 is 0 Å². The maximum atomic E-state index is 12.8. The van der Waals surface area contributed by atoms with E-state index in [9.17, 15) is 16.8 Å². The molecular weight excluding hydrogens is 396 g/mol. The van der Waals surface area contributed by atoms with Crippen molar-refractivity contribution in [1.29, 1.82) is 0 Å². The molecule has 3 rings (SSSR count). The van der Waals surface area contributed by atoms with Gasteiger partial charge in [-0.3, -0.25) is 4.72 Å². The highest BCUT2D eigenvalue weighted by Crippen LogP contribution is 2.24. The largest absolute Gasteiger partial charge is 0.280 e. The van der Waals surface area contributed by atoms with Crippen molar-refractivity contribution in [2.75, 3.05) is 17.8 Å². The number of benzene rings is 2. The van der Waals surface area contributed by atoms with E-state index in [0.717, 1.165) is 23.8 Å². The van der Waals surface area contributed by atoms with Gasteiger partial charge in [0.05, 0.1) is 10.3 Å². The van der Waals surface area contributed by atoms with Crippen molar-refractivity contribution in [1.82, 2.24) is 4.31 Å². The van der Waals surface area contributed by atoms with Crippen LogP contribution in [0.3, 0.4) is 0 Å². The molecule has 0 amide bonds. The molecule has 6 nitrogen and oxygen atoms in total. The predicted molar refractivity (Wildman–Crippen MR) is 112 cm³/mol. The number of nitrogens with zero attached hydrogens (tertiary/aromatic N) is 1. The molecule has 0 aliphatic carbocycles. The summed E-state index contributed by atoms with van der Waals surface area (Å²) in [5, 5.41) is 1.09. The average molecular weight is 421 g/mol. The number of rotatable bonds is 6. The number of anilines is 1. The minimum absolute atomic E-state index is 0.171. The lowest BCUT2D eigenvalue weighted by Crippen LogP contribution is -2.39. The molecule has 1 aliphatic rings. The van der Waals surface area contributed by atoms with E-state index in [4.69, 9.17) is 0 Å². The fourth-order valence-electron chi connectivity index (χ4n) is 3.14. The quantitative estimate of drug-likeness (QED) is 0.775. The Hall–Kier alpha value is -2.16. The molecule has 0 unspecified atom stereocenters. The van der Waals surface area contributed by atoms with Gasteiger partial charge in [-0.1, -0.05) is 37.3 Å².